The van der Waals surface area contributed by atoms with E-state index in [-0.39, 0.29) is 0 Å². The second-order valence-electron chi connectivity index (χ2n) is 4.53. The van der Waals surface area contributed by atoms with Crippen LogP contribution in [0.2, 0.25) is 0 Å². The van der Waals surface area contributed by atoms with Gasteiger partial charge in [-0.05, 0) is 66.5 Å². The quantitative estimate of drug-likeness (QED) is 0.550. The van der Waals surface area contributed by atoms with Crippen LogP contribution in [0.4, 0.5) is 0 Å². The topological polar surface area (TPSA) is 29.5 Å². The van der Waals surface area contributed by atoms with Crippen molar-refractivity contribution in [2.24, 2.45) is 5.41 Å². The normalized spacial score (nSPS) is 31.8. The predicted octanol–water partition coefficient (Wildman–Crippen LogP) is 2.48. The molecule has 2 aliphatic rings. The van der Waals surface area contributed by atoms with Crippen LogP contribution in [0.3, 0.4) is 0 Å². The van der Waals surface area contributed by atoms with Crippen molar-refractivity contribution in [3.8, 4) is 0 Å². The highest BCUT2D eigenvalue weighted by Crippen LogP contribution is 2.48. The molecule has 1 heterocycles. The summed E-state index contributed by atoms with van der Waals surface area (Å²) in [6.07, 6.45) is 6.73. The van der Waals surface area contributed by atoms with Gasteiger partial charge in [0.05, 0.1) is 0 Å². The molecule has 1 saturated heterocycles. The van der Waals surface area contributed by atoms with E-state index < -0.39 is 3.61 Å². The molecule has 2 nitrogen and oxygen atoms in total. The van der Waals surface area contributed by atoms with Crippen molar-refractivity contribution in [1.29, 1.82) is 0 Å². The van der Waals surface area contributed by atoms with Gasteiger partial charge in [-0.1, -0.05) is 0 Å². The molecule has 13 heavy (non-hydrogen) atoms. The Bertz CT molecular complexity index is 173. The molecule has 0 aromatic carbocycles. The lowest BCUT2D eigenvalue weighted by molar-refractivity contribution is -0.0321. The van der Waals surface area contributed by atoms with Crippen LogP contribution in [0.15, 0.2) is 0 Å². The van der Waals surface area contributed by atoms with E-state index >= 15 is 0 Å². The second kappa shape index (κ2) is 3.66. The van der Waals surface area contributed by atoms with Crippen LogP contribution in [0, 0.1) is 5.41 Å². The third kappa shape index (κ3) is 2.36. The lowest BCUT2D eigenvalue weighted by Crippen LogP contribution is -2.38. The van der Waals surface area contributed by atoms with Gasteiger partial charge in [-0.3, -0.25) is 0 Å². The molecule has 2 rings (SSSR count). The van der Waals surface area contributed by atoms with Gasteiger partial charge >= 0.3 is 0 Å². The summed E-state index contributed by atoms with van der Waals surface area (Å²) in [5.74, 6) is 0. The number of hydrogen-bond donors (Lipinski definition) is 1. The number of ether oxygens (including phenoxy) is 1. The minimum absolute atomic E-state index is 0.415. The Kier molecular flexibility index (Phi) is 2.87. The van der Waals surface area contributed by atoms with Gasteiger partial charge in [-0.2, -0.15) is 0 Å². The van der Waals surface area contributed by atoms with Crippen LogP contribution in [-0.4, -0.2) is 21.9 Å². The Morgan fingerprint density at radius 1 is 0.923 bits per heavy atom. The molecule has 0 aromatic heterocycles. The zero-order chi connectivity index (χ0) is 9.36. The standard InChI is InChI=1S/C10H17IO2/c11-10(12)3-1-9(2-4-10)5-7-13-8-6-9/h12H,1-8H2. The summed E-state index contributed by atoms with van der Waals surface area (Å²) in [5, 5.41) is 9.84. The van der Waals surface area contributed by atoms with Gasteiger partial charge < -0.3 is 9.84 Å². The Hall–Kier alpha value is 0.650. The maximum absolute atomic E-state index is 9.84. The van der Waals surface area contributed by atoms with Crippen molar-refractivity contribution in [1.82, 2.24) is 0 Å². The highest BCUT2D eigenvalue weighted by atomic mass is 127. The average Bonchev–Trinajstić information content (AvgIpc) is 2.13. The molecule has 0 unspecified atom stereocenters. The van der Waals surface area contributed by atoms with Crippen LogP contribution in [0.5, 0.6) is 0 Å². The molecular weight excluding hydrogens is 279 g/mol. The fourth-order valence-corrected chi connectivity index (χ4v) is 3.01. The maximum atomic E-state index is 9.84. The molecule has 1 aliphatic carbocycles. The lowest BCUT2D eigenvalue weighted by atomic mass is 9.68. The molecule has 1 spiro atoms. The first kappa shape index (κ1) is 10.2. The lowest BCUT2D eigenvalue weighted by Gasteiger charge is -2.44. The summed E-state index contributed by atoms with van der Waals surface area (Å²) < 4.78 is 4.97. The molecular formula is C10H17IO2. The van der Waals surface area contributed by atoms with Gasteiger partial charge in [-0.15, -0.1) is 0 Å². The van der Waals surface area contributed by atoms with E-state index in [1.165, 1.54) is 25.7 Å². The highest BCUT2D eigenvalue weighted by Gasteiger charge is 2.40. The van der Waals surface area contributed by atoms with E-state index in [9.17, 15) is 5.11 Å². The van der Waals surface area contributed by atoms with Crippen molar-refractivity contribution in [2.45, 2.75) is 42.1 Å². The van der Waals surface area contributed by atoms with Crippen LogP contribution in [0.1, 0.15) is 38.5 Å². The number of aliphatic hydroxyl groups is 1. The van der Waals surface area contributed by atoms with Crippen molar-refractivity contribution >= 4 is 22.6 Å². The largest absolute Gasteiger partial charge is 0.381 e. The minimum atomic E-state index is -0.415. The number of halogens is 1. The monoisotopic (exact) mass is 296 g/mol. The third-order valence-electron chi connectivity index (χ3n) is 3.63. The predicted molar refractivity (Wildman–Crippen MR) is 59.9 cm³/mol. The van der Waals surface area contributed by atoms with Gasteiger partial charge in [0.25, 0.3) is 0 Å². The first-order valence-electron chi connectivity index (χ1n) is 5.11. The smallest absolute Gasteiger partial charge is 0.115 e. The summed E-state index contributed by atoms with van der Waals surface area (Å²) in [6.45, 7) is 1.86. The maximum Gasteiger partial charge on any atom is 0.115 e. The molecule has 1 aliphatic heterocycles. The fraction of sp³-hybridized carbons (Fsp3) is 1.00. The van der Waals surface area contributed by atoms with Crippen molar-refractivity contribution in [3.63, 3.8) is 0 Å². The number of alkyl halides is 1. The number of hydrogen-bond acceptors (Lipinski definition) is 2. The van der Waals surface area contributed by atoms with Gasteiger partial charge in [-0.25, -0.2) is 0 Å². The van der Waals surface area contributed by atoms with Crippen molar-refractivity contribution in [3.05, 3.63) is 0 Å². The Labute approximate surface area is 93.2 Å². The van der Waals surface area contributed by atoms with E-state index in [1.54, 1.807) is 0 Å². The van der Waals surface area contributed by atoms with E-state index in [2.05, 4.69) is 22.6 Å². The zero-order valence-electron chi connectivity index (χ0n) is 7.89. The average molecular weight is 296 g/mol. The fourth-order valence-electron chi connectivity index (χ4n) is 2.47. The van der Waals surface area contributed by atoms with Crippen LogP contribution >= 0.6 is 22.6 Å². The van der Waals surface area contributed by atoms with Crippen molar-refractivity contribution in [2.75, 3.05) is 13.2 Å². The zero-order valence-corrected chi connectivity index (χ0v) is 10.0. The van der Waals surface area contributed by atoms with Crippen LogP contribution < -0.4 is 0 Å². The summed E-state index contributed by atoms with van der Waals surface area (Å²) in [7, 11) is 0. The molecule has 76 valence electrons. The molecule has 3 heteroatoms. The molecule has 0 aromatic rings. The van der Waals surface area contributed by atoms with Gasteiger partial charge in [0.2, 0.25) is 0 Å². The summed E-state index contributed by atoms with van der Waals surface area (Å²) in [6, 6.07) is 0. The molecule has 0 radical (unpaired) electrons. The van der Waals surface area contributed by atoms with Gasteiger partial charge in [0.15, 0.2) is 0 Å². The van der Waals surface area contributed by atoms with Gasteiger partial charge in [0, 0.05) is 13.2 Å². The SMILES string of the molecule is OC1(I)CCC2(CCOCC2)CC1. The molecule has 1 saturated carbocycles. The van der Waals surface area contributed by atoms with Gasteiger partial charge in [0.1, 0.15) is 3.61 Å². The number of rotatable bonds is 0. The van der Waals surface area contributed by atoms with Crippen LogP contribution in [0.25, 0.3) is 0 Å². The first-order valence-corrected chi connectivity index (χ1v) is 6.19. The second-order valence-corrected chi connectivity index (χ2v) is 6.54. The first-order chi connectivity index (χ1) is 6.12. The highest BCUT2D eigenvalue weighted by molar-refractivity contribution is 14.1. The molecule has 0 amide bonds. The molecule has 0 atom stereocenters. The molecule has 0 bridgehead atoms. The van der Waals surface area contributed by atoms with E-state index in [0.29, 0.717) is 5.41 Å². The minimum Gasteiger partial charge on any atom is -0.381 e. The Morgan fingerprint density at radius 3 is 2.00 bits per heavy atom. The third-order valence-corrected chi connectivity index (χ3v) is 4.71. The Balaban J connectivity index is 1.95. The Morgan fingerprint density at radius 2 is 1.46 bits per heavy atom. The molecule has 1 N–H and O–H groups in total. The van der Waals surface area contributed by atoms with E-state index in [4.69, 9.17) is 4.74 Å². The summed E-state index contributed by atoms with van der Waals surface area (Å²) in [5.41, 5.74) is 0.523. The summed E-state index contributed by atoms with van der Waals surface area (Å²) in [4.78, 5) is 0. The van der Waals surface area contributed by atoms with Crippen molar-refractivity contribution < 1.29 is 9.84 Å². The molecule has 2 fully saturated rings. The van der Waals surface area contributed by atoms with E-state index in [1.807, 2.05) is 0 Å². The summed E-state index contributed by atoms with van der Waals surface area (Å²) >= 11 is 2.19. The van der Waals surface area contributed by atoms with Crippen LogP contribution in [-0.2, 0) is 4.74 Å². The van der Waals surface area contributed by atoms with E-state index in [0.717, 1.165) is 26.1 Å².